The number of carboxylic acids is 1. The van der Waals surface area contributed by atoms with Gasteiger partial charge in [0, 0.05) is 49.7 Å². The zero-order valence-corrected chi connectivity index (χ0v) is 11.9. The highest BCUT2D eigenvalue weighted by Gasteiger charge is 2.10. The maximum Gasteiger partial charge on any atom is 0.317 e. The number of carboxylic acid groups (broad SMARTS) is 1. The van der Waals surface area contributed by atoms with E-state index in [9.17, 15) is 4.79 Å². The molecule has 0 aliphatic heterocycles. The first-order chi connectivity index (χ1) is 10.2. The van der Waals surface area contributed by atoms with Gasteiger partial charge in [-0.25, -0.2) is 0 Å². The van der Waals surface area contributed by atoms with Gasteiger partial charge in [-0.05, 0) is 24.3 Å². The van der Waals surface area contributed by atoms with Crippen molar-refractivity contribution in [2.75, 3.05) is 19.6 Å². The molecule has 2 rings (SSSR count). The number of pyridine rings is 2. The van der Waals surface area contributed by atoms with E-state index in [2.05, 4.69) is 9.97 Å². The molecule has 0 fully saturated rings. The quantitative estimate of drug-likeness (QED) is 0.799. The summed E-state index contributed by atoms with van der Waals surface area (Å²) in [5, 5.41) is 9.01. The van der Waals surface area contributed by atoms with Gasteiger partial charge < -0.3 is 5.11 Å². The Bertz CT molecular complexity index is 502. The van der Waals surface area contributed by atoms with E-state index in [1.165, 1.54) is 0 Å². The number of hydrogen-bond donors (Lipinski definition) is 1. The number of hydrogen-bond acceptors (Lipinski definition) is 4. The summed E-state index contributed by atoms with van der Waals surface area (Å²) in [5.74, 6) is -0.808. The molecular weight excluding hydrogens is 266 g/mol. The third-order valence-electron chi connectivity index (χ3n) is 3.18. The lowest BCUT2D eigenvalue weighted by Crippen LogP contribution is -2.33. The van der Waals surface area contributed by atoms with Crippen LogP contribution in [0.4, 0.5) is 0 Å². The third kappa shape index (κ3) is 5.71. The van der Waals surface area contributed by atoms with Gasteiger partial charge in [-0.3, -0.25) is 19.7 Å². The van der Waals surface area contributed by atoms with E-state index in [0.29, 0.717) is 13.1 Å². The zero-order valence-electron chi connectivity index (χ0n) is 11.9. The van der Waals surface area contributed by atoms with Crippen molar-refractivity contribution in [2.24, 2.45) is 0 Å². The van der Waals surface area contributed by atoms with Crippen LogP contribution in [-0.4, -0.2) is 45.6 Å². The fourth-order valence-corrected chi connectivity index (χ4v) is 2.10. The minimum Gasteiger partial charge on any atom is -0.480 e. The molecule has 0 saturated carbocycles. The van der Waals surface area contributed by atoms with Crippen molar-refractivity contribution >= 4 is 5.97 Å². The Morgan fingerprint density at radius 1 is 0.952 bits per heavy atom. The number of carbonyl (C=O) groups is 1. The summed E-state index contributed by atoms with van der Waals surface area (Å²) in [5.41, 5.74) is 1.96. The number of nitrogens with zero attached hydrogens (tertiary/aromatic N) is 3. The summed E-state index contributed by atoms with van der Waals surface area (Å²) in [6.45, 7) is 1.39. The Hall–Kier alpha value is -2.27. The van der Waals surface area contributed by atoms with Crippen molar-refractivity contribution in [3.8, 4) is 0 Å². The molecule has 0 radical (unpaired) electrons. The minimum absolute atomic E-state index is 0.0413. The summed E-state index contributed by atoms with van der Waals surface area (Å²) >= 11 is 0. The maximum atomic E-state index is 11.0. The van der Waals surface area contributed by atoms with Crippen LogP contribution in [0.15, 0.2) is 48.8 Å². The lowest BCUT2D eigenvalue weighted by atomic mass is 10.2. The molecule has 2 aromatic rings. The van der Waals surface area contributed by atoms with E-state index in [1.54, 1.807) is 12.4 Å². The number of rotatable bonds is 8. The molecule has 1 N–H and O–H groups in total. The highest BCUT2D eigenvalue weighted by Crippen LogP contribution is 2.01. The second-order valence-electron chi connectivity index (χ2n) is 4.81. The summed E-state index contributed by atoms with van der Waals surface area (Å²) in [4.78, 5) is 21.4. The van der Waals surface area contributed by atoms with Crippen molar-refractivity contribution in [2.45, 2.75) is 12.8 Å². The largest absolute Gasteiger partial charge is 0.480 e. The van der Waals surface area contributed by atoms with E-state index in [4.69, 9.17) is 5.11 Å². The molecule has 110 valence electrons. The van der Waals surface area contributed by atoms with E-state index in [0.717, 1.165) is 24.2 Å². The first kappa shape index (κ1) is 15.1. The molecule has 2 aromatic heterocycles. The standard InChI is InChI=1S/C16H19N3O2/c20-16(21)13-19(11-7-14-5-1-3-9-17-14)12-8-15-6-2-4-10-18-15/h1-6,9-10H,7-8,11-13H2,(H,20,21). The van der Waals surface area contributed by atoms with Crippen LogP contribution in [0.1, 0.15) is 11.4 Å². The van der Waals surface area contributed by atoms with Gasteiger partial charge in [-0.15, -0.1) is 0 Å². The SMILES string of the molecule is O=C(O)CN(CCc1ccccn1)CCc1ccccn1. The molecule has 2 heterocycles. The van der Waals surface area contributed by atoms with Crippen LogP contribution in [0.2, 0.25) is 0 Å². The molecule has 5 nitrogen and oxygen atoms in total. The summed E-state index contributed by atoms with van der Waals surface area (Å²) in [6, 6.07) is 11.5. The lowest BCUT2D eigenvalue weighted by Gasteiger charge is -2.19. The molecule has 0 spiro atoms. The monoisotopic (exact) mass is 285 g/mol. The Balaban J connectivity index is 1.87. The molecule has 0 aliphatic carbocycles. The number of aliphatic carboxylic acids is 1. The Labute approximate surface area is 124 Å². The van der Waals surface area contributed by atoms with Gasteiger partial charge in [0.2, 0.25) is 0 Å². The van der Waals surface area contributed by atoms with Crippen LogP contribution < -0.4 is 0 Å². The molecule has 0 atom stereocenters. The van der Waals surface area contributed by atoms with E-state index in [-0.39, 0.29) is 6.54 Å². The van der Waals surface area contributed by atoms with Gasteiger partial charge in [0.15, 0.2) is 0 Å². The van der Waals surface area contributed by atoms with Gasteiger partial charge in [0.1, 0.15) is 0 Å². The Morgan fingerprint density at radius 2 is 1.48 bits per heavy atom. The smallest absolute Gasteiger partial charge is 0.317 e. The van der Waals surface area contributed by atoms with Gasteiger partial charge in [-0.2, -0.15) is 0 Å². The summed E-state index contributed by atoms with van der Waals surface area (Å²) in [6.07, 6.45) is 5.00. The predicted molar refractivity (Wildman–Crippen MR) is 80.0 cm³/mol. The van der Waals surface area contributed by atoms with Crippen molar-refractivity contribution in [1.82, 2.24) is 14.9 Å². The second kappa shape index (κ2) is 8.11. The highest BCUT2D eigenvalue weighted by atomic mass is 16.4. The maximum absolute atomic E-state index is 11.0. The first-order valence-corrected chi connectivity index (χ1v) is 6.98. The van der Waals surface area contributed by atoms with Crippen molar-refractivity contribution in [1.29, 1.82) is 0 Å². The van der Waals surface area contributed by atoms with Gasteiger partial charge in [0.05, 0.1) is 6.54 Å². The van der Waals surface area contributed by atoms with Gasteiger partial charge >= 0.3 is 5.97 Å². The molecule has 0 unspecified atom stereocenters. The first-order valence-electron chi connectivity index (χ1n) is 6.98. The van der Waals surface area contributed by atoms with E-state index < -0.39 is 5.97 Å². The molecule has 0 aromatic carbocycles. The molecular formula is C16H19N3O2. The van der Waals surface area contributed by atoms with Crippen molar-refractivity contribution in [3.63, 3.8) is 0 Å². The lowest BCUT2D eigenvalue weighted by molar-refractivity contribution is -0.138. The van der Waals surface area contributed by atoms with Gasteiger partial charge in [0.25, 0.3) is 0 Å². The predicted octanol–water partition coefficient (Wildman–Crippen LogP) is 1.65. The zero-order chi connectivity index (χ0) is 14.9. The average molecular weight is 285 g/mol. The Morgan fingerprint density at radius 3 is 1.86 bits per heavy atom. The third-order valence-corrected chi connectivity index (χ3v) is 3.18. The van der Waals surface area contributed by atoms with Crippen LogP contribution in [-0.2, 0) is 17.6 Å². The van der Waals surface area contributed by atoms with Crippen molar-refractivity contribution < 1.29 is 9.90 Å². The minimum atomic E-state index is -0.808. The average Bonchev–Trinajstić information content (AvgIpc) is 2.51. The molecule has 0 amide bonds. The fraction of sp³-hybridized carbons (Fsp3) is 0.312. The summed E-state index contributed by atoms with van der Waals surface area (Å²) in [7, 11) is 0. The summed E-state index contributed by atoms with van der Waals surface area (Å²) < 4.78 is 0. The van der Waals surface area contributed by atoms with Gasteiger partial charge in [-0.1, -0.05) is 12.1 Å². The molecule has 21 heavy (non-hydrogen) atoms. The molecule has 0 saturated heterocycles. The van der Waals surface area contributed by atoms with Crippen LogP contribution in [0.3, 0.4) is 0 Å². The topological polar surface area (TPSA) is 66.3 Å². The fourth-order valence-electron chi connectivity index (χ4n) is 2.10. The van der Waals surface area contributed by atoms with Crippen LogP contribution in [0.5, 0.6) is 0 Å². The second-order valence-corrected chi connectivity index (χ2v) is 4.81. The van der Waals surface area contributed by atoms with E-state index >= 15 is 0 Å². The molecule has 0 aliphatic rings. The van der Waals surface area contributed by atoms with E-state index in [1.807, 2.05) is 41.3 Å². The highest BCUT2D eigenvalue weighted by molar-refractivity contribution is 5.69. The van der Waals surface area contributed by atoms with Crippen molar-refractivity contribution in [3.05, 3.63) is 60.2 Å². The Kier molecular flexibility index (Phi) is 5.84. The van der Waals surface area contributed by atoms with Crippen LogP contribution in [0.25, 0.3) is 0 Å². The molecule has 0 bridgehead atoms. The molecule has 5 heteroatoms. The van der Waals surface area contributed by atoms with Crippen LogP contribution in [0, 0.1) is 0 Å². The number of aromatic nitrogens is 2. The normalized spacial score (nSPS) is 10.7. The van der Waals surface area contributed by atoms with Crippen LogP contribution >= 0.6 is 0 Å².